The highest BCUT2D eigenvalue weighted by atomic mass is 16.6. The molecule has 0 spiro atoms. The van der Waals surface area contributed by atoms with Crippen LogP contribution in [0.5, 0.6) is 0 Å². The monoisotopic (exact) mass is 309 g/mol. The molecule has 0 aliphatic carbocycles. The van der Waals surface area contributed by atoms with Crippen molar-refractivity contribution in [3.8, 4) is 0 Å². The number of H-pyrrole nitrogens is 1. The van der Waals surface area contributed by atoms with Crippen molar-refractivity contribution < 1.29 is 9.53 Å². The average molecular weight is 309 g/mol. The molecular formula is C15H27N5O2. The number of hydrogen-bond donors (Lipinski definition) is 2. The van der Waals surface area contributed by atoms with Crippen LogP contribution in [0.15, 0.2) is 6.33 Å². The van der Waals surface area contributed by atoms with Gasteiger partial charge in [0.15, 0.2) is 0 Å². The van der Waals surface area contributed by atoms with Crippen LogP contribution in [0.4, 0.5) is 4.79 Å². The molecule has 1 aliphatic rings. The molecule has 0 bridgehead atoms. The van der Waals surface area contributed by atoms with E-state index >= 15 is 0 Å². The highest BCUT2D eigenvalue weighted by Crippen LogP contribution is 2.20. The number of carbonyl (C=O) groups excluding carboxylic acids is 1. The van der Waals surface area contributed by atoms with E-state index in [0.717, 1.165) is 38.3 Å². The third kappa shape index (κ3) is 4.98. The standard InChI is InChI=1S/C15H27N5O2/c1-11(13-17-10-18-19-13)16-9-12-5-7-20(8-6-12)14(21)22-15(2,3)4/h10-12,16H,5-9H2,1-4H3,(H,17,18,19). The lowest BCUT2D eigenvalue weighted by molar-refractivity contribution is 0.0183. The molecule has 1 atom stereocenters. The zero-order valence-corrected chi connectivity index (χ0v) is 13.9. The van der Waals surface area contributed by atoms with Crippen LogP contribution in [0.3, 0.4) is 0 Å². The van der Waals surface area contributed by atoms with Crippen molar-refractivity contribution in [1.29, 1.82) is 0 Å². The number of aromatic amines is 1. The van der Waals surface area contributed by atoms with Crippen molar-refractivity contribution in [2.75, 3.05) is 19.6 Å². The average Bonchev–Trinajstić information content (AvgIpc) is 2.97. The van der Waals surface area contributed by atoms with Gasteiger partial charge in [0.05, 0.1) is 6.04 Å². The van der Waals surface area contributed by atoms with E-state index in [-0.39, 0.29) is 12.1 Å². The molecule has 1 aromatic heterocycles. The van der Waals surface area contributed by atoms with Crippen LogP contribution >= 0.6 is 0 Å². The van der Waals surface area contributed by atoms with Crippen LogP contribution < -0.4 is 5.32 Å². The first-order valence-corrected chi connectivity index (χ1v) is 7.92. The Morgan fingerprint density at radius 3 is 2.73 bits per heavy atom. The molecule has 1 amide bonds. The molecule has 2 rings (SSSR count). The second-order valence-corrected chi connectivity index (χ2v) is 6.91. The number of piperidine rings is 1. The van der Waals surface area contributed by atoms with Gasteiger partial charge >= 0.3 is 6.09 Å². The van der Waals surface area contributed by atoms with Gasteiger partial charge in [0.2, 0.25) is 0 Å². The lowest BCUT2D eigenvalue weighted by Gasteiger charge is -2.33. The van der Waals surface area contributed by atoms with Crippen LogP contribution in [0.1, 0.15) is 52.4 Å². The van der Waals surface area contributed by atoms with Crippen molar-refractivity contribution in [1.82, 2.24) is 25.4 Å². The first-order chi connectivity index (χ1) is 10.3. The fraction of sp³-hybridized carbons (Fsp3) is 0.800. The second-order valence-electron chi connectivity index (χ2n) is 6.91. The summed E-state index contributed by atoms with van der Waals surface area (Å²) >= 11 is 0. The number of hydrogen-bond acceptors (Lipinski definition) is 5. The number of rotatable bonds is 4. The van der Waals surface area contributed by atoms with Gasteiger partial charge in [-0.1, -0.05) is 0 Å². The minimum absolute atomic E-state index is 0.159. The Labute approximate surface area is 131 Å². The van der Waals surface area contributed by atoms with E-state index < -0.39 is 5.60 Å². The predicted octanol–water partition coefficient (Wildman–Crippen LogP) is 2.10. The fourth-order valence-corrected chi connectivity index (χ4v) is 2.51. The predicted molar refractivity (Wildman–Crippen MR) is 83.3 cm³/mol. The van der Waals surface area contributed by atoms with Gasteiger partial charge in [-0.15, -0.1) is 0 Å². The number of likely N-dealkylation sites (tertiary alicyclic amines) is 1. The molecule has 0 saturated carbocycles. The van der Waals surface area contributed by atoms with E-state index in [0.29, 0.717) is 5.92 Å². The first-order valence-electron chi connectivity index (χ1n) is 7.92. The van der Waals surface area contributed by atoms with E-state index in [4.69, 9.17) is 4.74 Å². The minimum atomic E-state index is -0.429. The van der Waals surface area contributed by atoms with Crippen LogP contribution in [0.25, 0.3) is 0 Å². The van der Waals surface area contributed by atoms with Crippen LogP contribution in [-0.4, -0.2) is 51.4 Å². The molecule has 0 aromatic carbocycles. The van der Waals surface area contributed by atoms with Gasteiger partial charge in [0.1, 0.15) is 17.8 Å². The topological polar surface area (TPSA) is 83.1 Å². The van der Waals surface area contributed by atoms with Crippen molar-refractivity contribution in [2.45, 2.75) is 52.2 Å². The Morgan fingerprint density at radius 1 is 1.50 bits per heavy atom. The van der Waals surface area contributed by atoms with Gasteiger partial charge in [-0.05, 0) is 53.0 Å². The summed E-state index contributed by atoms with van der Waals surface area (Å²) in [5, 5.41) is 10.2. The van der Waals surface area contributed by atoms with Crippen molar-refractivity contribution in [2.24, 2.45) is 5.92 Å². The summed E-state index contributed by atoms with van der Waals surface area (Å²) in [4.78, 5) is 18.0. The molecule has 2 N–H and O–H groups in total. The summed E-state index contributed by atoms with van der Waals surface area (Å²) in [7, 11) is 0. The van der Waals surface area contributed by atoms with E-state index in [1.165, 1.54) is 6.33 Å². The normalized spacial score (nSPS) is 18.3. The number of nitrogens with zero attached hydrogens (tertiary/aromatic N) is 3. The molecular weight excluding hydrogens is 282 g/mol. The molecule has 22 heavy (non-hydrogen) atoms. The van der Waals surface area contributed by atoms with E-state index in [1.807, 2.05) is 25.7 Å². The SMILES string of the molecule is CC(NCC1CCN(C(=O)OC(C)(C)C)CC1)c1ncn[nH]1. The number of carbonyl (C=O) groups is 1. The fourth-order valence-electron chi connectivity index (χ4n) is 2.51. The summed E-state index contributed by atoms with van der Waals surface area (Å²) in [6, 6.07) is 0.159. The van der Waals surface area contributed by atoms with Crippen LogP contribution in [-0.2, 0) is 4.74 Å². The number of nitrogens with one attached hydrogen (secondary N) is 2. The second kappa shape index (κ2) is 7.09. The maximum atomic E-state index is 12.0. The lowest BCUT2D eigenvalue weighted by Crippen LogP contribution is -2.43. The molecule has 1 unspecified atom stereocenters. The molecule has 0 radical (unpaired) electrons. The summed E-state index contributed by atoms with van der Waals surface area (Å²) in [6.45, 7) is 10.2. The smallest absolute Gasteiger partial charge is 0.410 e. The third-order valence-corrected chi connectivity index (χ3v) is 3.82. The van der Waals surface area contributed by atoms with Gasteiger partial charge in [0, 0.05) is 13.1 Å². The van der Waals surface area contributed by atoms with Crippen LogP contribution in [0, 0.1) is 5.92 Å². The minimum Gasteiger partial charge on any atom is -0.444 e. The lowest BCUT2D eigenvalue weighted by atomic mass is 9.97. The molecule has 1 saturated heterocycles. The van der Waals surface area contributed by atoms with Gasteiger partial charge in [0.25, 0.3) is 0 Å². The van der Waals surface area contributed by atoms with Gasteiger partial charge in [-0.3, -0.25) is 5.10 Å². The maximum Gasteiger partial charge on any atom is 0.410 e. The highest BCUT2D eigenvalue weighted by Gasteiger charge is 2.27. The number of ether oxygens (including phenoxy) is 1. The Hall–Kier alpha value is -1.63. The van der Waals surface area contributed by atoms with Gasteiger partial charge < -0.3 is 15.0 Å². The molecule has 124 valence electrons. The van der Waals surface area contributed by atoms with Crippen molar-refractivity contribution >= 4 is 6.09 Å². The van der Waals surface area contributed by atoms with Crippen molar-refractivity contribution in [3.05, 3.63) is 12.2 Å². The Bertz CT molecular complexity index is 461. The first kappa shape index (κ1) is 16.7. The van der Waals surface area contributed by atoms with Crippen molar-refractivity contribution in [3.63, 3.8) is 0 Å². The Morgan fingerprint density at radius 2 is 2.18 bits per heavy atom. The van der Waals surface area contributed by atoms with E-state index in [9.17, 15) is 4.79 Å². The molecule has 7 heteroatoms. The molecule has 1 fully saturated rings. The molecule has 1 aromatic rings. The number of aromatic nitrogens is 3. The molecule has 1 aliphatic heterocycles. The van der Waals surface area contributed by atoms with Gasteiger partial charge in [-0.25, -0.2) is 9.78 Å². The Balaban J connectivity index is 1.70. The Kier molecular flexibility index (Phi) is 5.39. The third-order valence-electron chi connectivity index (χ3n) is 3.82. The zero-order chi connectivity index (χ0) is 16.2. The van der Waals surface area contributed by atoms with E-state index in [1.54, 1.807) is 0 Å². The molecule has 2 heterocycles. The maximum absolute atomic E-state index is 12.0. The highest BCUT2D eigenvalue weighted by molar-refractivity contribution is 5.68. The molecule has 7 nitrogen and oxygen atoms in total. The van der Waals surface area contributed by atoms with Crippen LogP contribution in [0.2, 0.25) is 0 Å². The quantitative estimate of drug-likeness (QED) is 0.890. The summed E-state index contributed by atoms with van der Waals surface area (Å²) in [6.07, 6.45) is 3.31. The summed E-state index contributed by atoms with van der Waals surface area (Å²) < 4.78 is 5.41. The summed E-state index contributed by atoms with van der Waals surface area (Å²) in [5.41, 5.74) is -0.429. The zero-order valence-electron chi connectivity index (χ0n) is 13.9. The number of amides is 1. The largest absolute Gasteiger partial charge is 0.444 e. The summed E-state index contributed by atoms with van der Waals surface area (Å²) in [5.74, 6) is 1.43. The van der Waals surface area contributed by atoms with Gasteiger partial charge in [-0.2, -0.15) is 5.10 Å². The van der Waals surface area contributed by atoms with E-state index in [2.05, 4.69) is 27.4 Å².